The van der Waals surface area contributed by atoms with Gasteiger partial charge >= 0.3 is 0 Å². The van der Waals surface area contributed by atoms with E-state index >= 15 is 0 Å². The molecule has 1 N–H and O–H groups in total. The highest BCUT2D eigenvalue weighted by Gasteiger charge is 2.24. The van der Waals surface area contributed by atoms with E-state index in [-0.39, 0.29) is 5.41 Å². The summed E-state index contributed by atoms with van der Waals surface area (Å²) in [4.78, 5) is 0. The largest absolute Gasteiger partial charge is 0.396 e. The standard InChI is InChI=1S/C28H52O/c1-28(25-29)22-16-14-12-10-8-6-4-2-3-5-7-9-11-13-15-18-26-20-21-27(24-26)19-17-23-28/h17,19,26-27,29H,2-16,18,20-25H2,1H3. The third-order valence-corrected chi connectivity index (χ3v) is 7.88. The highest BCUT2D eigenvalue weighted by atomic mass is 16.3. The summed E-state index contributed by atoms with van der Waals surface area (Å²) in [7, 11) is 0. The molecule has 170 valence electrons. The van der Waals surface area contributed by atoms with E-state index in [9.17, 15) is 5.11 Å². The van der Waals surface area contributed by atoms with Crippen molar-refractivity contribution in [2.45, 2.75) is 142 Å². The van der Waals surface area contributed by atoms with E-state index in [0.29, 0.717) is 6.61 Å². The van der Waals surface area contributed by atoms with Crippen molar-refractivity contribution in [2.24, 2.45) is 17.3 Å². The van der Waals surface area contributed by atoms with E-state index in [1.165, 1.54) is 128 Å². The average Bonchev–Trinajstić information content (AvgIpc) is 3.17. The van der Waals surface area contributed by atoms with Crippen LogP contribution in [0.5, 0.6) is 0 Å². The Labute approximate surface area is 183 Å². The maximum absolute atomic E-state index is 9.95. The lowest BCUT2D eigenvalue weighted by Gasteiger charge is -2.26. The zero-order valence-corrected chi connectivity index (χ0v) is 19.8. The number of fused-ring (bicyclic) bond motifs is 2. The summed E-state index contributed by atoms with van der Waals surface area (Å²) in [5.74, 6) is 1.80. The second-order valence-electron chi connectivity index (χ2n) is 10.9. The molecule has 0 aromatic heterocycles. The Morgan fingerprint density at radius 3 is 1.76 bits per heavy atom. The second-order valence-corrected chi connectivity index (χ2v) is 10.9. The molecule has 0 spiro atoms. The van der Waals surface area contributed by atoms with Crippen LogP contribution in [0.25, 0.3) is 0 Å². The molecule has 3 unspecified atom stereocenters. The molecule has 29 heavy (non-hydrogen) atoms. The molecular weight excluding hydrogens is 352 g/mol. The highest BCUT2D eigenvalue weighted by molar-refractivity contribution is 4.96. The van der Waals surface area contributed by atoms with Crippen LogP contribution in [0.3, 0.4) is 0 Å². The van der Waals surface area contributed by atoms with Crippen molar-refractivity contribution in [2.75, 3.05) is 6.61 Å². The molecule has 3 atom stereocenters. The molecule has 0 saturated heterocycles. The molecule has 2 aliphatic carbocycles. The summed E-state index contributed by atoms with van der Waals surface area (Å²) in [6, 6.07) is 0. The van der Waals surface area contributed by atoms with Gasteiger partial charge in [0.25, 0.3) is 0 Å². The fraction of sp³-hybridized carbons (Fsp3) is 0.929. The number of aliphatic hydroxyl groups is 1. The Balaban J connectivity index is 1.74. The third kappa shape index (κ3) is 11.6. The lowest BCUT2D eigenvalue weighted by atomic mass is 9.81. The maximum Gasteiger partial charge on any atom is 0.0487 e. The number of aliphatic hydroxyl groups excluding tert-OH is 1. The average molecular weight is 405 g/mol. The van der Waals surface area contributed by atoms with Gasteiger partial charge in [0, 0.05) is 6.61 Å². The number of hydrogen-bond acceptors (Lipinski definition) is 1. The summed E-state index contributed by atoms with van der Waals surface area (Å²) in [6.45, 7) is 2.63. The van der Waals surface area contributed by atoms with Gasteiger partial charge in [-0.05, 0) is 49.4 Å². The molecule has 1 fully saturated rings. The lowest BCUT2D eigenvalue weighted by Crippen LogP contribution is -2.20. The topological polar surface area (TPSA) is 20.2 Å². The van der Waals surface area contributed by atoms with Gasteiger partial charge in [0.15, 0.2) is 0 Å². The molecular formula is C28H52O. The quantitative estimate of drug-likeness (QED) is 0.432. The van der Waals surface area contributed by atoms with Crippen LogP contribution in [0.2, 0.25) is 0 Å². The van der Waals surface area contributed by atoms with Crippen LogP contribution in [-0.2, 0) is 0 Å². The zero-order chi connectivity index (χ0) is 20.6. The van der Waals surface area contributed by atoms with Crippen molar-refractivity contribution < 1.29 is 5.11 Å². The first-order valence-corrected chi connectivity index (χ1v) is 13.5. The van der Waals surface area contributed by atoms with Gasteiger partial charge in [-0.1, -0.05) is 122 Å². The molecule has 0 aromatic rings. The lowest BCUT2D eigenvalue weighted by molar-refractivity contribution is 0.131. The molecule has 2 bridgehead atoms. The molecule has 1 heteroatoms. The molecule has 0 amide bonds. The van der Waals surface area contributed by atoms with Gasteiger partial charge in [0.05, 0.1) is 0 Å². The van der Waals surface area contributed by atoms with Gasteiger partial charge in [-0.3, -0.25) is 0 Å². The van der Waals surface area contributed by atoms with Crippen molar-refractivity contribution in [1.29, 1.82) is 0 Å². The maximum atomic E-state index is 9.95. The third-order valence-electron chi connectivity index (χ3n) is 7.88. The van der Waals surface area contributed by atoms with Gasteiger partial charge in [-0.2, -0.15) is 0 Å². The van der Waals surface area contributed by atoms with E-state index in [1.807, 2.05) is 0 Å². The Hall–Kier alpha value is -0.300. The smallest absolute Gasteiger partial charge is 0.0487 e. The first kappa shape index (κ1) is 25.0. The fourth-order valence-corrected chi connectivity index (χ4v) is 5.62. The van der Waals surface area contributed by atoms with E-state index in [1.54, 1.807) is 0 Å². The van der Waals surface area contributed by atoms with E-state index < -0.39 is 0 Å². The van der Waals surface area contributed by atoms with Crippen molar-refractivity contribution in [3.63, 3.8) is 0 Å². The van der Waals surface area contributed by atoms with E-state index in [4.69, 9.17) is 0 Å². The summed E-state index contributed by atoms with van der Waals surface area (Å²) in [5.41, 5.74) is 0.0995. The summed E-state index contributed by atoms with van der Waals surface area (Å²) in [5, 5.41) is 9.95. The second kappa shape index (κ2) is 15.5. The predicted molar refractivity (Wildman–Crippen MR) is 128 cm³/mol. The van der Waals surface area contributed by atoms with Crippen LogP contribution in [0.1, 0.15) is 142 Å². The normalized spacial score (nSPS) is 33.2. The highest BCUT2D eigenvalue weighted by Crippen LogP contribution is 2.36. The first-order valence-electron chi connectivity index (χ1n) is 13.5. The molecule has 1 nitrogen and oxygen atoms in total. The van der Waals surface area contributed by atoms with Gasteiger partial charge in [0.2, 0.25) is 0 Å². The van der Waals surface area contributed by atoms with Crippen LogP contribution in [-0.4, -0.2) is 11.7 Å². The van der Waals surface area contributed by atoms with Gasteiger partial charge in [-0.15, -0.1) is 0 Å². The number of allylic oxidation sites excluding steroid dienone is 2. The first-order chi connectivity index (χ1) is 14.2. The van der Waals surface area contributed by atoms with Crippen molar-refractivity contribution in [3.8, 4) is 0 Å². The zero-order valence-electron chi connectivity index (χ0n) is 19.8. The van der Waals surface area contributed by atoms with Crippen LogP contribution in [0.4, 0.5) is 0 Å². The van der Waals surface area contributed by atoms with Gasteiger partial charge < -0.3 is 5.11 Å². The van der Waals surface area contributed by atoms with Crippen LogP contribution in [0, 0.1) is 17.3 Å². The summed E-state index contributed by atoms with van der Waals surface area (Å²) < 4.78 is 0. The molecule has 2 aliphatic rings. The number of rotatable bonds is 1. The van der Waals surface area contributed by atoms with Crippen molar-refractivity contribution >= 4 is 0 Å². The van der Waals surface area contributed by atoms with Gasteiger partial charge in [0.1, 0.15) is 0 Å². The minimum Gasteiger partial charge on any atom is -0.396 e. The minimum absolute atomic E-state index is 0.0995. The van der Waals surface area contributed by atoms with E-state index in [2.05, 4.69) is 19.1 Å². The van der Waals surface area contributed by atoms with Crippen LogP contribution in [0.15, 0.2) is 12.2 Å². The van der Waals surface area contributed by atoms with Crippen LogP contribution < -0.4 is 0 Å². The molecule has 0 heterocycles. The minimum atomic E-state index is 0.0995. The Morgan fingerprint density at radius 2 is 1.21 bits per heavy atom. The SMILES string of the molecule is CC1(CO)CC=CC2CCC(CCCCCCCCCCCCCCCCC1)C2. The Bertz CT molecular complexity index is 415. The molecule has 2 rings (SSSR count). The summed E-state index contributed by atoms with van der Waals surface area (Å²) >= 11 is 0. The fourth-order valence-electron chi connectivity index (χ4n) is 5.62. The molecule has 0 radical (unpaired) electrons. The van der Waals surface area contributed by atoms with E-state index in [0.717, 1.165) is 18.3 Å². The number of hydrogen-bond donors (Lipinski definition) is 1. The Kier molecular flexibility index (Phi) is 13.3. The molecule has 0 aliphatic heterocycles. The summed E-state index contributed by atoms with van der Waals surface area (Å²) in [6.07, 6.45) is 34.4. The van der Waals surface area contributed by atoms with Crippen molar-refractivity contribution in [3.05, 3.63) is 12.2 Å². The monoisotopic (exact) mass is 404 g/mol. The van der Waals surface area contributed by atoms with Crippen LogP contribution >= 0.6 is 0 Å². The van der Waals surface area contributed by atoms with Gasteiger partial charge in [-0.25, -0.2) is 0 Å². The van der Waals surface area contributed by atoms with Crippen molar-refractivity contribution in [1.82, 2.24) is 0 Å². The molecule has 0 aromatic carbocycles. The Morgan fingerprint density at radius 1 is 0.690 bits per heavy atom. The molecule has 1 saturated carbocycles. The predicted octanol–water partition coefficient (Wildman–Crippen LogP) is 8.99.